The van der Waals surface area contributed by atoms with Crippen molar-refractivity contribution in [3.63, 3.8) is 0 Å². The maximum atomic E-state index is 13.8. The first kappa shape index (κ1) is 22.2. The third-order valence-corrected chi connectivity index (χ3v) is 4.15. The van der Waals surface area contributed by atoms with E-state index in [2.05, 4.69) is 14.8 Å². The van der Waals surface area contributed by atoms with Gasteiger partial charge in [-0.3, -0.25) is 4.79 Å². The summed E-state index contributed by atoms with van der Waals surface area (Å²) >= 11 is 11.6. The molecule has 0 aliphatic carbocycles. The highest BCUT2D eigenvalue weighted by Crippen LogP contribution is 2.39. The van der Waals surface area contributed by atoms with Crippen LogP contribution in [0.25, 0.3) is 0 Å². The monoisotopic (exact) mass is 437 g/mol. The number of aromatic nitrogens is 3. The number of hydrogen-bond donors (Lipinski definition) is 0. The molecule has 0 saturated carbocycles. The fraction of sp³-hybridized carbons (Fsp3) is 0.412. The van der Waals surface area contributed by atoms with Crippen LogP contribution in [0, 0.1) is 5.92 Å². The fourth-order valence-electron chi connectivity index (χ4n) is 2.69. The summed E-state index contributed by atoms with van der Waals surface area (Å²) < 4.78 is 46.8. The van der Waals surface area contributed by atoms with E-state index in [9.17, 15) is 22.8 Å². The number of hydrogen-bond acceptors (Lipinski definition) is 5. The van der Waals surface area contributed by atoms with E-state index in [1.807, 2.05) is 0 Å². The number of halogens is 5. The van der Waals surface area contributed by atoms with E-state index in [1.165, 1.54) is 18.5 Å². The van der Waals surface area contributed by atoms with Crippen LogP contribution in [0.1, 0.15) is 56.4 Å². The van der Waals surface area contributed by atoms with Crippen LogP contribution >= 0.6 is 23.2 Å². The Morgan fingerprint density at radius 3 is 2.32 bits per heavy atom. The molecule has 0 aliphatic heterocycles. The molecular formula is C17H16Cl2F3N3O3. The number of nitrogens with zero attached hydrogens (tertiary/aromatic N) is 3. The predicted molar refractivity (Wildman–Crippen MR) is 95.5 cm³/mol. The molecule has 0 bridgehead atoms. The van der Waals surface area contributed by atoms with Gasteiger partial charge < -0.3 is 4.74 Å². The van der Waals surface area contributed by atoms with Crippen LogP contribution in [0.15, 0.2) is 18.5 Å². The van der Waals surface area contributed by atoms with Gasteiger partial charge in [-0.15, -0.1) is 0 Å². The van der Waals surface area contributed by atoms with Gasteiger partial charge in [-0.25, -0.2) is 14.5 Å². The molecular weight excluding hydrogens is 422 g/mol. The van der Waals surface area contributed by atoms with Crippen LogP contribution in [-0.4, -0.2) is 33.8 Å². The molecule has 0 spiro atoms. The van der Waals surface area contributed by atoms with Crippen molar-refractivity contribution in [1.29, 1.82) is 0 Å². The fourth-order valence-corrected chi connectivity index (χ4v) is 3.01. The third-order valence-electron chi connectivity index (χ3n) is 3.73. The first-order valence-electron chi connectivity index (χ1n) is 8.03. The standard InChI is InChI=1S/C17H16Cl2F3N3O3/c1-8(2)7-9-10(16(27)28-3)12(14(18)19)24-13(17(20,21)22)11(9)15(26)25-6-4-5-23-25/h4-6,8,14H,7H2,1-3H3. The van der Waals surface area contributed by atoms with Crippen LogP contribution < -0.4 is 0 Å². The van der Waals surface area contributed by atoms with Crippen LogP contribution in [0.2, 0.25) is 0 Å². The van der Waals surface area contributed by atoms with Crippen LogP contribution in [0.5, 0.6) is 0 Å². The highest BCUT2D eigenvalue weighted by atomic mass is 35.5. The SMILES string of the molecule is COC(=O)c1c(C(Cl)Cl)nc(C(F)(F)F)c(C(=O)n2cccn2)c1CC(C)C. The summed E-state index contributed by atoms with van der Waals surface area (Å²) in [5.74, 6) is -2.29. The number of ether oxygens (including phenoxy) is 1. The van der Waals surface area contributed by atoms with Crippen molar-refractivity contribution in [1.82, 2.24) is 14.8 Å². The van der Waals surface area contributed by atoms with Gasteiger partial charge in [0.1, 0.15) is 4.84 Å². The molecule has 0 fully saturated rings. The molecule has 2 heterocycles. The van der Waals surface area contributed by atoms with Crippen LogP contribution in [-0.2, 0) is 17.3 Å². The lowest BCUT2D eigenvalue weighted by molar-refractivity contribution is -0.141. The van der Waals surface area contributed by atoms with Gasteiger partial charge in [0, 0.05) is 12.4 Å². The van der Waals surface area contributed by atoms with Gasteiger partial charge in [0.15, 0.2) is 5.69 Å². The van der Waals surface area contributed by atoms with E-state index >= 15 is 0 Å². The van der Waals surface area contributed by atoms with Crippen molar-refractivity contribution in [2.24, 2.45) is 5.92 Å². The third kappa shape index (κ3) is 4.47. The summed E-state index contributed by atoms with van der Waals surface area (Å²) in [5, 5.41) is 3.69. The van der Waals surface area contributed by atoms with Crippen molar-refractivity contribution in [2.45, 2.75) is 31.3 Å². The minimum atomic E-state index is -5.00. The molecule has 2 aromatic heterocycles. The smallest absolute Gasteiger partial charge is 0.434 e. The number of esters is 1. The van der Waals surface area contributed by atoms with Crippen molar-refractivity contribution in [3.8, 4) is 0 Å². The molecule has 0 amide bonds. The Morgan fingerprint density at radius 2 is 1.89 bits per heavy atom. The molecule has 2 aromatic rings. The number of methoxy groups -OCH3 is 1. The minimum absolute atomic E-state index is 0.0497. The zero-order chi connectivity index (χ0) is 21.2. The number of rotatable bonds is 5. The summed E-state index contributed by atoms with van der Waals surface area (Å²) in [4.78, 5) is 27.1. The normalized spacial score (nSPS) is 11.9. The largest absolute Gasteiger partial charge is 0.465 e. The number of carbonyl (C=O) groups excluding carboxylic acids is 2. The average molecular weight is 438 g/mol. The summed E-state index contributed by atoms with van der Waals surface area (Å²) in [5.41, 5.74) is -3.34. The molecule has 28 heavy (non-hydrogen) atoms. The van der Waals surface area contributed by atoms with Gasteiger partial charge in [0.25, 0.3) is 5.91 Å². The summed E-state index contributed by atoms with van der Waals surface area (Å²) in [6.45, 7) is 3.44. The number of carbonyl (C=O) groups is 2. The molecule has 2 rings (SSSR count). The second kappa shape index (κ2) is 8.48. The molecule has 0 radical (unpaired) electrons. The first-order valence-corrected chi connectivity index (χ1v) is 8.91. The minimum Gasteiger partial charge on any atom is -0.465 e. The van der Waals surface area contributed by atoms with E-state index in [0.29, 0.717) is 0 Å². The number of pyridine rings is 1. The maximum absolute atomic E-state index is 13.8. The van der Waals surface area contributed by atoms with E-state index in [1.54, 1.807) is 13.8 Å². The van der Waals surface area contributed by atoms with Crippen molar-refractivity contribution in [2.75, 3.05) is 7.11 Å². The zero-order valence-electron chi connectivity index (χ0n) is 15.1. The maximum Gasteiger partial charge on any atom is 0.434 e. The Hall–Kier alpha value is -2.13. The zero-order valence-corrected chi connectivity index (χ0v) is 16.6. The number of alkyl halides is 5. The molecule has 0 atom stereocenters. The average Bonchev–Trinajstić information content (AvgIpc) is 3.12. The molecule has 6 nitrogen and oxygen atoms in total. The molecule has 0 unspecified atom stereocenters. The second-order valence-electron chi connectivity index (χ2n) is 6.22. The van der Waals surface area contributed by atoms with Crippen molar-refractivity contribution < 1.29 is 27.5 Å². The Kier molecular flexibility index (Phi) is 6.71. The van der Waals surface area contributed by atoms with Crippen LogP contribution in [0.3, 0.4) is 0 Å². The summed E-state index contributed by atoms with van der Waals surface area (Å²) in [6, 6.07) is 1.38. The molecule has 0 aromatic carbocycles. The van der Waals surface area contributed by atoms with Crippen molar-refractivity contribution in [3.05, 3.63) is 46.5 Å². The Balaban J connectivity index is 3.00. The van der Waals surface area contributed by atoms with Gasteiger partial charge in [0.05, 0.1) is 23.9 Å². The van der Waals surface area contributed by atoms with Gasteiger partial charge in [-0.2, -0.15) is 18.3 Å². The Labute approximate surface area is 168 Å². The lowest BCUT2D eigenvalue weighted by Gasteiger charge is -2.22. The summed E-state index contributed by atoms with van der Waals surface area (Å²) in [7, 11) is 1.05. The molecule has 152 valence electrons. The lowest BCUT2D eigenvalue weighted by atomic mass is 9.90. The molecule has 0 saturated heterocycles. The molecule has 11 heteroatoms. The highest BCUT2D eigenvalue weighted by Gasteiger charge is 2.42. The predicted octanol–water partition coefficient (Wildman–Crippen LogP) is 4.45. The van der Waals surface area contributed by atoms with Gasteiger partial charge in [0.2, 0.25) is 0 Å². The quantitative estimate of drug-likeness (QED) is 0.510. The van der Waals surface area contributed by atoms with Crippen molar-refractivity contribution >= 4 is 35.1 Å². The molecule has 0 N–H and O–H groups in total. The second-order valence-corrected chi connectivity index (χ2v) is 7.31. The van der Waals surface area contributed by atoms with E-state index in [4.69, 9.17) is 23.2 Å². The summed E-state index contributed by atoms with van der Waals surface area (Å²) in [6.07, 6.45) is -2.62. The van der Waals surface area contributed by atoms with E-state index in [0.717, 1.165) is 11.8 Å². The van der Waals surface area contributed by atoms with Gasteiger partial charge in [-0.05, 0) is 24.0 Å². The van der Waals surface area contributed by atoms with Gasteiger partial charge >= 0.3 is 12.1 Å². The Morgan fingerprint density at radius 1 is 1.25 bits per heavy atom. The van der Waals surface area contributed by atoms with E-state index < -0.39 is 39.8 Å². The lowest BCUT2D eigenvalue weighted by Crippen LogP contribution is -2.27. The van der Waals surface area contributed by atoms with E-state index in [-0.39, 0.29) is 23.5 Å². The van der Waals surface area contributed by atoms with Crippen LogP contribution in [0.4, 0.5) is 13.2 Å². The Bertz CT molecular complexity index is 882. The topological polar surface area (TPSA) is 74.1 Å². The highest BCUT2D eigenvalue weighted by molar-refractivity contribution is 6.44. The molecule has 0 aliphatic rings. The first-order chi connectivity index (χ1) is 13.0. The van der Waals surface area contributed by atoms with Gasteiger partial charge in [-0.1, -0.05) is 37.0 Å².